The number of benzene rings is 1. The summed E-state index contributed by atoms with van der Waals surface area (Å²) in [6.45, 7) is 1.33. The van der Waals surface area contributed by atoms with Crippen LogP contribution in [0.1, 0.15) is 12.8 Å². The smallest absolute Gasteiger partial charge is 0.146 e. The van der Waals surface area contributed by atoms with Crippen molar-refractivity contribution in [2.45, 2.75) is 12.8 Å². The molecule has 1 aliphatic rings. The second-order valence-corrected chi connectivity index (χ2v) is 4.78. The number of piperidine rings is 1. The highest BCUT2D eigenvalue weighted by atomic mass is 19.1. The zero-order valence-corrected chi connectivity index (χ0v) is 9.83. The van der Waals surface area contributed by atoms with E-state index in [-0.39, 0.29) is 17.9 Å². The maximum atomic E-state index is 13.6. The summed E-state index contributed by atoms with van der Waals surface area (Å²) >= 11 is 0. The van der Waals surface area contributed by atoms with Gasteiger partial charge in [0.05, 0.1) is 12.4 Å². The highest BCUT2D eigenvalue weighted by Crippen LogP contribution is 2.33. The van der Waals surface area contributed by atoms with Crippen molar-refractivity contribution in [3.8, 4) is 0 Å². The molecule has 0 radical (unpaired) electrons. The number of nitrogens with two attached hydrogens (primary N) is 1. The van der Waals surface area contributed by atoms with E-state index >= 15 is 0 Å². The first-order valence-electron chi connectivity index (χ1n) is 5.96. The van der Waals surface area contributed by atoms with E-state index in [0.717, 1.165) is 0 Å². The quantitative estimate of drug-likeness (QED) is 0.878. The fraction of sp³-hybridized carbons (Fsp3) is 0.538. The van der Waals surface area contributed by atoms with E-state index in [1.165, 1.54) is 6.07 Å². The summed E-state index contributed by atoms with van der Waals surface area (Å²) in [5, 5.41) is 0. The van der Waals surface area contributed by atoms with Gasteiger partial charge >= 0.3 is 0 Å². The maximum absolute atomic E-state index is 13.6. The normalized spacial score (nSPS) is 19.4. The van der Waals surface area contributed by atoms with Gasteiger partial charge in [0.1, 0.15) is 5.82 Å². The molecule has 0 amide bonds. The lowest BCUT2D eigenvalue weighted by atomic mass is 9.79. The van der Waals surface area contributed by atoms with Crippen LogP contribution in [0.15, 0.2) is 24.3 Å². The van der Waals surface area contributed by atoms with Crippen LogP contribution in [0.3, 0.4) is 0 Å². The molecule has 0 aliphatic carbocycles. The van der Waals surface area contributed by atoms with Crippen molar-refractivity contribution in [3.05, 3.63) is 30.1 Å². The van der Waals surface area contributed by atoms with E-state index in [1.54, 1.807) is 12.1 Å². The molecule has 0 spiro atoms. The first kappa shape index (κ1) is 12.3. The highest BCUT2D eigenvalue weighted by molar-refractivity contribution is 5.48. The second kappa shape index (κ2) is 5.00. The van der Waals surface area contributed by atoms with Crippen LogP contribution in [0.4, 0.5) is 14.5 Å². The third-order valence-electron chi connectivity index (χ3n) is 3.73. The first-order chi connectivity index (χ1) is 8.21. The van der Waals surface area contributed by atoms with Crippen LogP contribution in [0, 0.1) is 11.2 Å². The van der Waals surface area contributed by atoms with E-state index in [2.05, 4.69) is 0 Å². The van der Waals surface area contributed by atoms with Crippen molar-refractivity contribution in [2.24, 2.45) is 11.1 Å². The minimum atomic E-state index is -0.387. The Bertz CT molecular complexity index is 367. The van der Waals surface area contributed by atoms with Crippen LogP contribution in [0.25, 0.3) is 0 Å². The average molecular weight is 240 g/mol. The van der Waals surface area contributed by atoms with Gasteiger partial charge in [-0.15, -0.1) is 0 Å². The van der Waals surface area contributed by atoms with Crippen LogP contribution in [0.5, 0.6) is 0 Å². The molecule has 94 valence electrons. The van der Waals surface area contributed by atoms with E-state index in [0.29, 0.717) is 38.2 Å². The van der Waals surface area contributed by atoms with Gasteiger partial charge in [0, 0.05) is 25.0 Å². The second-order valence-electron chi connectivity index (χ2n) is 4.78. The molecule has 1 fully saturated rings. The third kappa shape index (κ3) is 2.41. The molecule has 2 N–H and O–H groups in total. The van der Waals surface area contributed by atoms with Crippen LogP contribution >= 0.6 is 0 Å². The zero-order chi connectivity index (χ0) is 12.3. The Balaban J connectivity index is 2.07. The Morgan fingerprint density at radius 2 is 1.88 bits per heavy atom. The van der Waals surface area contributed by atoms with Crippen molar-refractivity contribution >= 4 is 5.69 Å². The number of halogens is 2. The molecule has 2 nitrogen and oxygen atoms in total. The molecule has 1 heterocycles. The van der Waals surface area contributed by atoms with Crippen LogP contribution in [-0.2, 0) is 0 Å². The number of para-hydroxylation sites is 1. The predicted molar refractivity (Wildman–Crippen MR) is 65.3 cm³/mol. The van der Waals surface area contributed by atoms with Crippen molar-refractivity contribution in [1.29, 1.82) is 0 Å². The Morgan fingerprint density at radius 3 is 2.41 bits per heavy atom. The molecule has 0 aromatic heterocycles. The largest absolute Gasteiger partial charge is 0.369 e. The summed E-state index contributed by atoms with van der Waals surface area (Å²) in [4.78, 5) is 1.97. The number of rotatable bonds is 3. The predicted octanol–water partition coefficient (Wildman–Crippen LogP) is 2.34. The SMILES string of the molecule is NCC1(CF)CCN(c2ccccc2F)CC1. The lowest BCUT2D eigenvalue weighted by molar-refractivity contribution is 0.168. The van der Waals surface area contributed by atoms with Crippen molar-refractivity contribution in [3.63, 3.8) is 0 Å². The maximum Gasteiger partial charge on any atom is 0.146 e. The van der Waals surface area contributed by atoms with Crippen LogP contribution < -0.4 is 10.6 Å². The number of alkyl halides is 1. The van der Waals surface area contributed by atoms with E-state index < -0.39 is 0 Å². The monoisotopic (exact) mass is 240 g/mol. The van der Waals surface area contributed by atoms with Gasteiger partial charge in [-0.1, -0.05) is 12.1 Å². The minimum Gasteiger partial charge on any atom is -0.369 e. The van der Waals surface area contributed by atoms with Gasteiger partial charge in [-0.2, -0.15) is 0 Å². The number of nitrogens with zero attached hydrogens (tertiary/aromatic N) is 1. The number of anilines is 1. The third-order valence-corrected chi connectivity index (χ3v) is 3.73. The molecule has 0 atom stereocenters. The molecule has 1 aromatic carbocycles. The molecule has 0 bridgehead atoms. The Morgan fingerprint density at radius 1 is 1.24 bits per heavy atom. The van der Waals surface area contributed by atoms with E-state index in [9.17, 15) is 8.78 Å². The fourth-order valence-electron chi connectivity index (χ4n) is 2.32. The minimum absolute atomic E-state index is 0.215. The van der Waals surface area contributed by atoms with Crippen molar-refractivity contribution < 1.29 is 8.78 Å². The average Bonchev–Trinajstić information content (AvgIpc) is 2.40. The molecular formula is C13H18F2N2. The molecule has 1 aromatic rings. The summed E-state index contributed by atoms with van der Waals surface area (Å²) in [5.74, 6) is -0.215. The Hall–Kier alpha value is -1.16. The van der Waals surface area contributed by atoms with Gasteiger partial charge in [0.15, 0.2) is 0 Å². The summed E-state index contributed by atoms with van der Waals surface area (Å²) in [6, 6.07) is 6.71. The van der Waals surface area contributed by atoms with Crippen LogP contribution in [0.2, 0.25) is 0 Å². The van der Waals surface area contributed by atoms with Gasteiger partial charge in [-0.3, -0.25) is 4.39 Å². The molecule has 2 rings (SSSR count). The lowest BCUT2D eigenvalue weighted by Crippen LogP contribution is -2.45. The zero-order valence-electron chi connectivity index (χ0n) is 9.83. The molecular weight excluding hydrogens is 222 g/mol. The molecule has 1 saturated heterocycles. The molecule has 17 heavy (non-hydrogen) atoms. The Kier molecular flexibility index (Phi) is 3.62. The first-order valence-corrected chi connectivity index (χ1v) is 5.96. The molecule has 4 heteroatoms. The fourth-order valence-corrected chi connectivity index (χ4v) is 2.32. The van der Waals surface area contributed by atoms with Crippen LogP contribution in [-0.4, -0.2) is 26.3 Å². The summed E-state index contributed by atoms with van der Waals surface area (Å²) in [7, 11) is 0. The van der Waals surface area contributed by atoms with E-state index in [1.807, 2.05) is 11.0 Å². The topological polar surface area (TPSA) is 29.3 Å². The summed E-state index contributed by atoms with van der Waals surface area (Å²) < 4.78 is 26.6. The van der Waals surface area contributed by atoms with Gasteiger partial charge in [0.25, 0.3) is 0 Å². The van der Waals surface area contributed by atoms with Gasteiger partial charge in [-0.25, -0.2) is 4.39 Å². The Labute approximate surface area is 100 Å². The standard InChI is InChI=1S/C13H18F2N2/c14-9-13(10-16)5-7-17(8-6-13)12-4-2-1-3-11(12)15/h1-4H,5-10,16H2. The van der Waals surface area contributed by atoms with Gasteiger partial charge < -0.3 is 10.6 Å². The lowest BCUT2D eigenvalue weighted by Gasteiger charge is -2.40. The van der Waals surface area contributed by atoms with Gasteiger partial charge in [-0.05, 0) is 25.0 Å². The molecule has 1 aliphatic heterocycles. The molecule has 0 unspecified atom stereocenters. The molecule has 0 saturated carbocycles. The highest BCUT2D eigenvalue weighted by Gasteiger charge is 2.33. The van der Waals surface area contributed by atoms with Crippen molar-refractivity contribution in [2.75, 3.05) is 31.2 Å². The number of hydrogen-bond donors (Lipinski definition) is 1. The summed E-state index contributed by atoms with van der Waals surface area (Å²) in [5.41, 5.74) is 5.85. The van der Waals surface area contributed by atoms with Gasteiger partial charge in [0.2, 0.25) is 0 Å². The summed E-state index contributed by atoms with van der Waals surface area (Å²) in [6.07, 6.45) is 1.38. The number of hydrogen-bond acceptors (Lipinski definition) is 2. The van der Waals surface area contributed by atoms with Crippen molar-refractivity contribution in [1.82, 2.24) is 0 Å². The van der Waals surface area contributed by atoms with E-state index in [4.69, 9.17) is 5.73 Å².